The highest BCUT2D eigenvalue weighted by atomic mass is 16.5. The first-order chi connectivity index (χ1) is 7.02. The Kier molecular flexibility index (Phi) is 4.12. The number of ether oxygens (including phenoxy) is 1. The molecule has 0 aromatic carbocycles. The molecule has 1 heterocycles. The van der Waals surface area contributed by atoms with Crippen LogP contribution in [0.4, 0.5) is 0 Å². The molecule has 0 aromatic heterocycles. The zero-order chi connectivity index (χ0) is 11.4. The van der Waals surface area contributed by atoms with Gasteiger partial charge in [-0.2, -0.15) is 0 Å². The SMILES string of the molecule is COC(=O)CC(=O)N1CC(C)CC(C)C1. The number of likely N-dealkylation sites (tertiary alicyclic amines) is 1. The Morgan fingerprint density at radius 3 is 2.27 bits per heavy atom. The molecule has 1 aliphatic rings. The van der Waals surface area contributed by atoms with Crippen LogP contribution in [0.25, 0.3) is 0 Å². The molecular formula is C11H19NO3. The van der Waals surface area contributed by atoms with Crippen LogP contribution in [0.15, 0.2) is 0 Å². The smallest absolute Gasteiger partial charge is 0.315 e. The quantitative estimate of drug-likeness (QED) is 0.509. The van der Waals surface area contributed by atoms with E-state index < -0.39 is 5.97 Å². The largest absolute Gasteiger partial charge is 0.469 e. The van der Waals surface area contributed by atoms with Gasteiger partial charge in [-0.05, 0) is 18.3 Å². The minimum absolute atomic E-state index is 0.111. The third-order valence-corrected chi connectivity index (χ3v) is 2.74. The van der Waals surface area contributed by atoms with Crippen molar-refractivity contribution < 1.29 is 14.3 Å². The molecule has 2 atom stereocenters. The number of amides is 1. The Bertz CT molecular complexity index is 242. The second kappa shape index (κ2) is 5.14. The van der Waals surface area contributed by atoms with Crippen molar-refractivity contribution in [2.75, 3.05) is 20.2 Å². The fourth-order valence-corrected chi connectivity index (χ4v) is 2.17. The topological polar surface area (TPSA) is 46.6 Å². The zero-order valence-corrected chi connectivity index (χ0v) is 9.66. The van der Waals surface area contributed by atoms with Gasteiger partial charge >= 0.3 is 5.97 Å². The number of nitrogens with zero attached hydrogens (tertiary/aromatic N) is 1. The predicted molar refractivity (Wildman–Crippen MR) is 56.2 cm³/mol. The summed E-state index contributed by atoms with van der Waals surface area (Å²) in [7, 11) is 1.30. The molecule has 0 aliphatic carbocycles. The minimum atomic E-state index is -0.453. The van der Waals surface area contributed by atoms with E-state index in [0.717, 1.165) is 19.5 Å². The first kappa shape index (κ1) is 12.0. The number of esters is 1. The van der Waals surface area contributed by atoms with Gasteiger partial charge in [-0.3, -0.25) is 9.59 Å². The zero-order valence-electron chi connectivity index (χ0n) is 9.66. The van der Waals surface area contributed by atoms with E-state index in [1.54, 1.807) is 4.90 Å². The number of carbonyl (C=O) groups is 2. The lowest BCUT2D eigenvalue weighted by Gasteiger charge is -2.34. The van der Waals surface area contributed by atoms with E-state index in [1.165, 1.54) is 7.11 Å². The molecule has 1 saturated heterocycles. The normalized spacial score (nSPS) is 26.2. The fraction of sp³-hybridized carbons (Fsp3) is 0.818. The average Bonchev–Trinajstić information content (AvgIpc) is 2.16. The molecule has 86 valence electrons. The average molecular weight is 213 g/mol. The highest BCUT2D eigenvalue weighted by molar-refractivity contribution is 5.94. The van der Waals surface area contributed by atoms with Crippen molar-refractivity contribution in [1.29, 1.82) is 0 Å². The second-order valence-electron chi connectivity index (χ2n) is 4.50. The molecule has 2 unspecified atom stereocenters. The van der Waals surface area contributed by atoms with Crippen LogP contribution < -0.4 is 0 Å². The van der Waals surface area contributed by atoms with Gasteiger partial charge in [0, 0.05) is 13.1 Å². The van der Waals surface area contributed by atoms with Crippen LogP contribution in [-0.2, 0) is 14.3 Å². The summed E-state index contributed by atoms with van der Waals surface area (Å²) in [6, 6.07) is 0. The van der Waals surface area contributed by atoms with E-state index in [-0.39, 0.29) is 12.3 Å². The van der Waals surface area contributed by atoms with Crippen molar-refractivity contribution in [3.63, 3.8) is 0 Å². The Labute approximate surface area is 90.6 Å². The molecule has 1 amide bonds. The Morgan fingerprint density at radius 1 is 1.27 bits per heavy atom. The Morgan fingerprint density at radius 2 is 1.80 bits per heavy atom. The lowest BCUT2D eigenvalue weighted by Crippen LogP contribution is -2.43. The molecule has 15 heavy (non-hydrogen) atoms. The highest BCUT2D eigenvalue weighted by Crippen LogP contribution is 2.21. The summed E-state index contributed by atoms with van der Waals surface area (Å²) in [5.41, 5.74) is 0. The summed E-state index contributed by atoms with van der Waals surface area (Å²) in [4.78, 5) is 24.4. The van der Waals surface area contributed by atoms with Crippen LogP contribution in [-0.4, -0.2) is 37.0 Å². The van der Waals surface area contributed by atoms with Crippen LogP contribution >= 0.6 is 0 Å². The second-order valence-corrected chi connectivity index (χ2v) is 4.50. The lowest BCUT2D eigenvalue weighted by atomic mass is 9.92. The van der Waals surface area contributed by atoms with E-state index in [2.05, 4.69) is 18.6 Å². The lowest BCUT2D eigenvalue weighted by molar-refractivity contribution is -0.147. The third-order valence-electron chi connectivity index (χ3n) is 2.74. The number of carbonyl (C=O) groups excluding carboxylic acids is 2. The molecule has 0 radical (unpaired) electrons. The summed E-state index contributed by atoms with van der Waals surface area (Å²) in [5.74, 6) is 0.483. The van der Waals surface area contributed by atoms with E-state index in [1.807, 2.05) is 0 Å². The monoisotopic (exact) mass is 213 g/mol. The van der Waals surface area contributed by atoms with Gasteiger partial charge in [-0.25, -0.2) is 0 Å². The van der Waals surface area contributed by atoms with Crippen molar-refractivity contribution in [2.24, 2.45) is 11.8 Å². The van der Waals surface area contributed by atoms with Crippen LogP contribution in [0.3, 0.4) is 0 Å². The van der Waals surface area contributed by atoms with E-state index >= 15 is 0 Å². The molecule has 1 rings (SSSR count). The molecule has 0 saturated carbocycles. The number of rotatable bonds is 2. The molecule has 0 N–H and O–H groups in total. The standard InChI is InChI=1S/C11H19NO3/c1-8-4-9(2)7-12(6-8)10(13)5-11(14)15-3/h8-9H,4-7H2,1-3H3. The number of piperidine rings is 1. The van der Waals surface area contributed by atoms with Crippen molar-refractivity contribution >= 4 is 11.9 Å². The molecule has 0 spiro atoms. The summed E-state index contributed by atoms with van der Waals surface area (Å²) in [6.07, 6.45) is 1.03. The number of methoxy groups -OCH3 is 1. The van der Waals surface area contributed by atoms with E-state index in [0.29, 0.717) is 11.8 Å². The molecular weight excluding hydrogens is 194 g/mol. The van der Waals surface area contributed by atoms with Gasteiger partial charge < -0.3 is 9.64 Å². The van der Waals surface area contributed by atoms with Crippen molar-refractivity contribution in [3.05, 3.63) is 0 Å². The predicted octanol–water partition coefficient (Wildman–Crippen LogP) is 1.05. The van der Waals surface area contributed by atoms with Gasteiger partial charge in [0.05, 0.1) is 7.11 Å². The highest BCUT2D eigenvalue weighted by Gasteiger charge is 2.26. The molecule has 0 aromatic rings. The molecule has 4 heteroatoms. The van der Waals surface area contributed by atoms with Crippen molar-refractivity contribution in [2.45, 2.75) is 26.7 Å². The molecule has 0 bridgehead atoms. The number of hydrogen-bond acceptors (Lipinski definition) is 3. The van der Waals surface area contributed by atoms with Crippen molar-refractivity contribution in [3.8, 4) is 0 Å². The van der Waals surface area contributed by atoms with E-state index in [4.69, 9.17) is 0 Å². The van der Waals surface area contributed by atoms with Gasteiger partial charge in [-0.15, -0.1) is 0 Å². The first-order valence-corrected chi connectivity index (χ1v) is 5.37. The summed E-state index contributed by atoms with van der Waals surface area (Å²) < 4.78 is 4.48. The summed E-state index contributed by atoms with van der Waals surface area (Å²) in [5, 5.41) is 0. The van der Waals surface area contributed by atoms with Gasteiger partial charge in [0.15, 0.2) is 0 Å². The fourth-order valence-electron chi connectivity index (χ4n) is 2.17. The van der Waals surface area contributed by atoms with Crippen LogP contribution in [0.1, 0.15) is 26.7 Å². The maximum Gasteiger partial charge on any atom is 0.315 e. The van der Waals surface area contributed by atoms with Crippen LogP contribution in [0, 0.1) is 11.8 Å². The Hall–Kier alpha value is -1.06. The van der Waals surface area contributed by atoms with E-state index in [9.17, 15) is 9.59 Å². The third kappa shape index (κ3) is 3.53. The Balaban J connectivity index is 2.48. The molecule has 1 fully saturated rings. The van der Waals surface area contributed by atoms with Crippen LogP contribution in [0.2, 0.25) is 0 Å². The number of hydrogen-bond donors (Lipinski definition) is 0. The van der Waals surface area contributed by atoms with Gasteiger partial charge in [-0.1, -0.05) is 13.8 Å². The summed E-state index contributed by atoms with van der Waals surface area (Å²) >= 11 is 0. The van der Waals surface area contributed by atoms with Gasteiger partial charge in [0.2, 0.25) is 5.91 Å². The minimum Gasteiger partial charge on any atom is -0.469 e. The first-order valence-electron chi connectivity index (χ1n) is 5.37. The van der Waals surface area contributed by atoms with Crippen molar-refractivity contribution in [1.82, 2.24) is 4.90 Å². The maximum absolute atomic E-state index is 11.7. The molecule has 1 aliphatic heterocycles. The maximum atomic E-state index is 11.7. The molecule has 4 nitrogen and oxygen atoms in total. The van der Waals surface area contributed by atoms with Gasteiger partial charge in [0.25, 0.3) is 0 Å². The van der Waals surface area contributed by atoms with Crippen LogP contribution in [0.5, 0.6) is 0 Å². The summed E-state index contributed by atoms with van der Waals surface area (Å²) in [6.45, 7) is 5.79. The van der Waals surface area contributed by atoms with Gasteiger partial charge in [0.1, 0.15) is 6.42 Å².